The normalized spacial score (nSPS) is 12.1. The largest absolute Gasteiger partial charge is 0.480 e. The number of aliphatic carboxylic acids is 1. The molecule has 0 aliphatic carbocycles. The van der Waals surface area contributed by atoms with Crippen LogP contribution < -0.4 is 5.32 Å². The molecule has 0 fully saturated rings. The fraction of sp³-hybridized carbons (Fsp3) is 0.312. The first kappa shape index (κ1) is 16.2. The molecule has 0 saturated carbocycles. The standard InChI is InChI=1S/C16H18N2O3S/c1-10(2)8-12(16(20)21)17-14(19)13-9-22-15(18-13)11-6-4-3-5-7-11/h3-7,9-10,12H,8H2,1-2H3,(H,17,19)(H,20,21)/t12-/m1/s1. The molecule has 1 amide bonds. The summed E-state index contributed by atoms with van der Waals surface area (Å²) in [5.74, 6) is -1.30. The number of carboxylic acid groups (broad SMARTS) is 1. The summed E-state index contributed by atoms with van der Waals surface area (Å²) in [5.41, 5.74) is 1.18. The molecule has 0 unspecified atom stereocenters. The molecule has 2 aromatic rings. The summed E-state index contributed by atoms with van der Waals surface area (Å²) in [6.45, 7) is 3.83. The third kappa shape index (κ3) is 4.14. The highest BCUT2D eigenvalue weighted by atomic mass is 32.1. The summed E-state index contributed by atoms with van der Waals surface area (Å²) in [6.07, 6.45) is 0.386. The van der Waals surface area contributed by atoms with E-state index in [1.165, 1.54) is 11.3 Å². The first-order valence-corrected chi connectivity index (χ1v) is 7.90. The van der Waals surface area contributed by atoms with Crippen LogP contribution in [0.2, 0.25) is 0 Å². The molecule has 0 bridgehead atoms. The van der Waals surface area contributed by atoms with Crippen LogP contribution >= 0.6 is 11.3 Å². The lowest BCUT2D eigenvalue weighted by atomic mass is 10.0. The van der Waals surface area contributed by atoms with Crippen LogP contribution in [0.4, 0.5) is 0 Å². The van der Waals surface area contributed by atoms with Gasteiger partial charge in [0.25, 0.3) is 5.91 Å². The molecule has 0 aliphatic rings. The Bertz CT molecular complexity index is 652. The van der Waals surface area contributed by atoms with Gasteiger partial charge in [-0.2, -0.15) is 0 Å². The lowest BCUT2D eigenvalue weighted by Crippen LogP contribution is -2.41. The molecule has 5 nitrogen and oxygen atoms in total. The molecular formula is C16H18N2O3S. The zero-order chi connectivity index (χ0) is 16.1. The zero-order valence-corrected chi connectivity index (χ0v) is 13.3. The minimum absolute atomic E-state index is 0.178. The number of benzene rings is 1. The maximum absolute atomic E-state index is 12.2. The van der Waals surface area contributed by atoms with Gasteiger partial charge in [-0.15, -0.1) is 11.3 Å². The van der Waals surface area contributed by atoms with Crippen molar-refractivity contribution in [1.82, 2.24) is 10.3 Å². The van der Waals surface area contributed by atoms with E-state index in [-0.39, 0.29) is 11.6 Å². The quantitative estimate of drug-likeness (QED) is 0.858. The summed E-state index contributed by atoms with van der Waals surface area (Å²) < 4.78 is 0. The molecule has 22 heavy (non-hydrogen) atoms. The van der Waals surface area contributed by atoms with Crippen LogP contribution in [0.25, 0.3) is 10.6 Å². The number of nitrogens with zero attached hydrogens (tertiary/aromatic N) is 1. The van der Waals surface area contributed by atoms with Crippen LogP contribution in [0.3, 0.4) is 0 Å². The molecule has 2 rings (SSSR count). The molecule has 0 saturated heterocycles. The number of aromatic nitrogens is 1. The van der Waals surface area contributed by atoms with Crippen molar-refractivity contribution in [2.45, 2.75) is 26.3 Å². The van der Waals surface area contributed by atoms with Crippen molar-refractivity contribution in [1.29, 1.82) is 0 Å². The van der Waals surface area contributed by atoms with E-state index in [4.69, 9.17) is 5.11 Å². The third-order valence-electron chi connectivity index (χ3n) is 3.07. The molecule has 116 valence electrons. The maximum Gasteiger partial charge on any atom is 0.326 e. The molecule has 1 aromatic heterocycles. The third-order valence-corrected chi connectivity index (χ3v) is 3.96. The van der Waals surface area contributed by atoms with Crippen molar-refractivity contribution in [3.05, 3.63) is 41.4 Å². The average molecular weight is 318 g/mol. The summed E-state index contributed by atoms with van der Waals surface area (Å²) in [7, 11) is 0. The van der Waals surface area contributed by atoms with Gasteiger partial charge in [0.2, 0.25) is 0 Å². The monoisotopic (exact) mass is 318 g/mol. The predicted molar refractivity (Wildman–Crippen MR) is 85.9 cm³/mol. The smallest absolute Gasteiger partial charge is 0.326 e. The Labute approximate surface area is 133 Å². The van der Waals surface area contributed by atoms with Gasteiger partial charge in [-0.1, -0.05) is 44.2 Å². The van der Waals surface area contributed by atoms with Crippen molar-refractivity contribution in [2.24, 2.45) is 5.92 Å². The molecule has 2 N–H and O–H groups in total. The van der Waals surface area contributed by atoms with Crippen LogP contribution in [0.5, 0.6) is 0 Å². The summed E-state index contributed by atoms with van der Waals surface area (Å²) in [5, 5.41) is 14.1. The minimum atomic E-state index is -1.03. The van der Waals surface area contributed by atoms with Crippen LogP contribution in [-0.2, 0) is 4.79 Å². The number of amides is 1. The molecule has 0 radical (unpaired) electrons. The van der Waals surface area contributed by atoms with Gasteiger partial charge < -0.3 is 10.4 Å². The van der Waals surface area contributed by atoms with Crippen molar-refractivity contribution in [2.75, 3.05) is 0 Å². The van der Waals surface area contributed by atoms with E-state index in [1.54, 1.807) is 5.38 Å². The Morgan fingerprint density at radius 3 is 2.55 bits per heavy atom. The molecule has 1 aromatic carbocycles. The highest BCUT2D eigenvalue weighted by molar-refractivity contribution is 7.13. The number of thiazole rings is 1. The average Bonchev–Trinajstić information content (AvgIpc) is 2.96. The number of carbonyl (C=O) groups is 2. The van der Waals surface area contributed by atoms with Gasteiger partial charge in [-0.3, -0.25) is 4.79 Å². The van der Waals surface area contributed by atoms with Crippen molar-refractivity contribution < 1.29 is 14.7 Å². The van der Waals surface area contributed by atoms with Gasteiger partial charge in [-0.05, 0) is 12.3 Å². The van der Waals surface area contributed by atoms with Crippen molar-refractivity contribution in [3.63, 3.8) is 0 Å². The van der Waals surface area contributed by atoms with E-state index in [0.29, 0.717) is 6.42 Å². The first-order valence-electron chi connectivity index (χ1n) is 7.02. The second kappa shape index (κ2) is 7.17. The van der Waals surface area contributed by atoms with Gasteiger partial charge in [-0.25, -0.2) is 9.78 Å². The van der Waals surface area contributed by atoms with E-state index in [2.05, 4.69) is 10.3 Å². The number of nitrogens with one attached hydrogen (secondary N) is 1. The molecule has 0 spiro atoms. The van der Waals surface area contributed by atoms with E-state index >= 15 is 0 Å². The number of hydrogen-bond donors (Lipinski definition) is 2. The van der Waals surface area contributed by atoms with E-state index < -0.39 is 17.9 Å². The zero-order valence-electron chi connectivity index (χ0n) is 12.4. The second-order valence-electron chi connectivity index (χ2n) is 5.40. The van der Waals surface area contributed by atoms with Gasteiger partial charge in [0, 0.05) is 10.9 Å². The SMILES string of the molecule is CC(C)C[C@@H](NC(=O)c1csc(-c2ccccc2)n1)C(=O)O. The first-order chi connectivity index (χ1) is 10.5. The van der Waals surface area contributed by atoms with Gasteiger partial charge in [0.1, 0.15) is 16.7 Å². The molecule has 0 aliphatic heterocycles. The molecule has 1 heterocycles. The Balaban J connectivity index is 2.10. The predicted octanol–water partition coefficient (Wildman–Crippen LogP) is 3.04. The van der Waals surface area contributed by atoms with Gasteiger partial charge >= 0.3 is 5.97 Å². The number of rotatable bonds is 6. The van der Waals surface area contributed by atoms with E-state index in [1.807, 2.05) is 44.2 Å². The summed E-state index contributed by atoms with van der Waals surface area (Å²) in [6, 6.07) is 8.65. The summed E-state index contributed by atoms with van der Waals surface area (Å²) >= 11 is 1.36. The fourth-order valence-electron chi connectivity index (χ4n) is 2.02. The van der Waals surface area contributed by atoms with E-state index in [0.717, 1.165) is 10.6 Å². The lowest BCUT2D eigenvalue weighted by molar-refractivity contribution is -0.139. The second-order valence-corrected chi connectivity index (χ2v) is 6.26. The lowest BCUT2D eigenvalue weighted by Gasteiger charge is -2.15. The topological polar surface area (TPSA) is 79.3 Å². The Hall–Kier alpha value is -2.21. The van der Waals surface area contributed by atoms with Crippen LogP contribution in [0.1, 0.15) is 30.8 Å². The fourth-order valence-corrected chi connectivity index (χ4v) is 2.82. The molecular weight excluding hydrogens is 300 g/mol. The summed E-state index contributed by atoms with van der Waals surface area (Å²) in [4.78, 5) is 27.6. The number of carboxylic acids is 1. The number of carbonyl (C=O) groups excluding carboxylic acids is 1. The highest BCUT2D eigenvalue weighted by Gasteiger charge is 2.23. The van der Waals surface area contributed by atoms with Gasteiger partial charge in [0.15, 0.2) is 0 Å². The Kier molecular flexibility index (Phi) is 5.27. The Morgan fingerprint density at radius 2 is 1.95 bits per heavy atom. The Morgan fingerprint density at radius 1 is 1.27 bits per heavy atom. The van der Waals surface area contributed by atoms with Crippen LogP contribution in [-0.4, -0.2) is 28.0 Å². The molecule has 6 heteroatoms. The van der Waals surface area contributed by atoms with Crippen molar-refractivity contribution >= 4 is 23.2 Å². The number of hydrogen-bond acceptors (Lipinski definition) is 4. The highest BCUT2D eigenvalue weighted by Crippen LogP contribution is 2.23. The molecule has 1 atom stereocenters. The van der Waals surface area contributed by atoms with Crippen LogP contribution in [0, 0.1) is 5.92 Å². The van der Waals surface area contributed by atoms with Crippen LogP contribution in [0.15, 0.2) is 35.7 Å². The minimum Gasteiger partial charge on any atom is -0.480 e. The van der Waals surface area contributed by atoms with E-state index in [9.17, 15) is 9.59 Å². The van der Waals surface area contributed by atoms with Gasteiger partial charge in [0.05, 0.1) is 0 Å². The maximum atomic E-state index is 12.2. The van der Waals surface area contributed by atoms with Crippen molar-refractivity contribution in [3.8, 4) is 10.6 Å².